The van der Waals surface area contributed by atoms with Crippen molar-refractivity contribution in [3.8, 4) is 0 Å². The maximum Gasteiger partial charge on any atom is 0.321 e. The molecule has 3 amide bonds. The topological polar surface area (TPSA) is 61.4 Å². The van der Waals surface area contributed by atoms with E-state index >= 15 is 0 Å². The van der Waals surface area contributed by atoms with Gasteiger partial charge in [-0.1, -0.05) is 13.3 Å². The molecule has 1 aliphatic heterocycles. The van der Waals surface area contributed by atoms with Crippen LogP contribution in [0.3, 0.4) is 0 Å². The molecular formula is C9H17N3O2. The van der Waals surface area contributed by atoms with Gasteiger partial charge in [-0.2, -0.15) is 0 Å². The van der Waals surface area contributed by atoms with Gasteiger partial charge in [-0.15, -0.1) is 0 Å². The fourth-order valence-corrected chi connectivity index (χ4v) is 1.44. The molecule has 5 nitrogen and oxygen atoms in total. The maximum absolute atomic E-state index is 11.4. The molecule has 14 heavy (non-hydrogen) atoms. The zero-order chi connectivity index (χ0) is 10.6. The minimum Gasteiger partial charge on any atom is -0.336 e. The Labute approximate surface area is 83.8 Å². The number of carbonyl (C=O) groups excluding carboxylic acids is 2. The molecule has 0 aromatic heterocycles. The summed E-state index contributed by atoms with van der Waals surface area (Å²) in [5.41, 5.74) is 0. The van der Waals surface area contributed by atoms with Crippen LogP contribution in [0.15, 0.2) is 0 Å². The van der Waals surface area contributed by atoms with E-state index in [1.807, 2.05) is 11.9 Å². The summed E-state index contributed by atoms with van der Waals surface area (Å²) >= 11 is 0. The Morgan fingerprint density at radius 2 is 2.21 bits per heavy atom. The van der Waals surface area contributed by atoms with E-state index in [0.29, 0.717) is 6.54 Å². The lowest BCUT2D eigenvalue weighted by Gasteiger charge is -2.30. The molecule has 5 heteroatoms. The second kappa shape index (κ2) is 4.95. The van der Waals surface area contributed by atoms with Crippen LogP contribution in [-0.2, 0) is 4.79 Å². The molecule has 1 rings (SSSR count). The number of rotatable bonds is 4. The van der Waals surface area contributed by atoms with Gasteiger partial charge in [0.15, 0.2) is 0 Å². The summed E-state index contributed by atoms with van der Waals surface area (Å²) < 4.78 is 0. The van der Waals surface area contributed by atoms with Gasteiger partial charge >= 0.3 is 6.03 Å². The van der Waals surface area contributed by atoms with Crippen LogP contribution < -0.4 is 10.6 Å². The molecule has 1 fully saturated rings. The van der Waals surface area contributed by atoms with Crippen LogP contribution in [-0.4, -0.2) is 43.0 Å². The highest BCUT2D eigenvalue weighted by Crippen LogP contribution is 2.01. The van der Waals surface area contributed by atoms with E-state index < -0.39 is 6.03 Å². The molecule has 1 saturated heterocycles. The molecule has 1 unspecified atom stereocenters. The zero-order valence-electron chi connectivity index (χ0n) is 8.67. The first-order chi connectivity index (χ1) is 6.65. The molecule has 2 N–H and O–H groups in total. The van der Waals surface area contributed by atoms with Crippen LogP contribution >= 0.6 is 0 Å². The number of nitrogens with zero attached hydrogens (tertiary/aromatic N) is 1. The van der Waals surface area contributed by atoms with Crippen LogP contribution in [0.1, 0.15) is 19.8 Å². The SMILES string of the molecule is CCCCN(C)C1CNC(=O)NC1=O. The number of urea groups is 1. The number of hydrogen-bond donors (Lipinski definition) is 2. The second-order valence-electron chi connectivity index (χ2n) is 3.55. The predicted molar refractivity (Wildman–Crippen MR) is 52.9 cm³/mol. The lowest BCUT2D eigenvalue weighted by molar-refractivity contribution is -0.125. The maximum atomic E-state index is 11.4. The average molecular weight is 199 g/mol. The normalized spacial score (nSPS) is 22.1. The third-order valence-electron chi connectivity index (χ3n) is 2.39. The smallest absolute Gasteiger partial charge is 0.321 e. The number of imide groups is 1. The minimum absolute atomic E-state index is 0.202. The molecule has 0 aliphatic carbocycles. The molecule has 0 saturated carbocycles. The molecule has 1 heterocycles. The Kier molecular flexibility index (Phi) is 3.88. The fourth-order valence-electron chi connectivity index (χ4n) is 1.44. The number of unbranched alkanes of at least 4 members (excludes halogenated alkanes) is 1. The highest BCUT2D eigenvalue weighted by molar-refractivity contribution is 5.99. The quantitative estimate of drug-likeness (QED) is 0.666. The summed E-state index contributed by atoms with van der Waals surface area (Å²) in [5, 5.41) is 4.86. The summed E-state index contributed by atoms with van der Waals surface area (Å²) in [5.74, 6) is -0.202. The van der Waals surface area contributed by atoms with Crippen molar-refractivity contribution in [1.29, 1.82) is 0 Å². The van der Waals surface area contributed by atoms with Crippen LogP contribution in [0, 0.1) is 0 Å². The van der Waals surface area contributed by atoms with Gasteiger partial charge in [-0.05, 0) is 20.0 Å². The van der Waals surface area contributed by atoms with E-state index in [-0.39, 0.29) is 11.9 Å². The Morgan fingerprint density at radius 3 is 2.79 bits per heavy atom. The standard InChI is InChI=1S/C9H17N3O2/c1-3-4-5-12(2)7-6-10-9(14)11-8(7)13/h7H,3-6H2,1-2H3,(H2,10,11,13,14). The first-order valence-electron chi connectivity index (χ1n) is 4.94. The summed E-state index contributed by atoms with van der Waals surface area (Å²) in [6.07, 6.45) is 2.17. The summed E-state index contributed by atoms with van der Waals surface area (Å²) in [7, 11) is 1.90. The van der Waals surface area contributed by atoms with E-state index in [0.717, 1.165) is 19.4 Å². The van der Waals surface area contributed by atoms with Gasteiger partial charge in [-0.25, -0.2) is 4.79 Å². The second-order valence-corrected chi connectivity index (χ2v) is 3.55. The molecule has 1 aliphatic rings. The van der Waals surface area contributed by atoms with Crippen molar-refractivity contribution in [2.24, 2.45) is 0 Å². The van der Waals surface area contributed by atoms with Gasteiger partial charge in [0.25, 0.3) is 0 Å². The zero-order valence-corrected chi connectivity index (χ0v) is 8.67. The number of amides is 3. The van der Waals surface area contributed by atoms with Crippen molar-refractivity contribution in [1.82, 2.24) is 15.5 Å². The van der Waals surface area contributed by atoms with Crippen molar-refractivity contribution in [2.75, 3.05) is 20.1 Å². The van der Waals surface area contributed by atoms with Crippen LogP contribution in [0.2, 0.25) is 0 Å². The largest absolute Gasteiger partial charge is 0.336 e. The van der Waals surface area contributed by atoms with Crippen molar-refractivity contribution >= 4 is 11.9 Å². The van der Waals surface area contributed by atoms with Crippen molar-refractivity contribution in [3.63, 3.8) is 0 Å². The van der Waals surface area contributed by atoms with E-state index in [4.69, 9.17) is 0 Å². The van der Waals surface area contributed by atoms with Crippen molar-refractivity contribution in [3.05, 3.63) is 0 Å². The highest BCUT2D eigenvalue weighted by atomic mass is 16.2. The van der Waals surface area contributed by atoms with Crippen molar-refractivity contribution < 1.29 is 9.59 Å². The predicted octanol–water partition coefficient (Wildman–Crippen LogP) is -0.0737. The highest BCUT2D eigenvalue weighted by Gasteiger charge is 2.28. The van der Waals surface area contributed by atoms with Crippen molar-refractivity contribution in [2.45, 2.75) is 25.8 Å². The molecule has 0 spiro atoms. The number of hydrogen-bond acceptors (Lipinski definition) is 3. The van der Waals surface area contributed by atoms with Crippen LogP contribution in [0.5, 0.6) is 0 Å². The number of likely N-dealkylation sites (N-methyl/N-ethyl adjacent to an activating group) is 1. The van der Waals surface area contributed by atoms with Gasteiger partial charge < -0.3 is 5.32 Å². The first kappa shape index (κ1) is 11.0. The number of carbonyl (C=O) groups is 2. The van der Waals surface area contributed by atoms with Crippen LogP contribution in [0.4, 0.5) is 4.79 Å². The summed E-state index contributed by atoms with van der Waals surface area (Å²) in [4.78, 5) is 24.2. The van der Waals surface area contributed by atoms with E-state index in [1.165, 1.54) is 0 Å². The van der Waals surface area contributed by atoms with E-state index in [2.05, 4.69) is 17.6 Å². The van der Waals surface area contributed by atoms with Gasteiger partial charge in [0.05, 0.1) is 0 Å². The molecule has 0 aromatic rings. The molecule has 1 atom stereocenters. The fraction of sp³-hybridized carbons (Fsp3) is 0.778. The van der Waals surface area contributed by atoms with E-state index in [1.54, 1.807) is 0 Å². The molecule has 0 aromatic carbocycles. The molecular weight excluding hydrogens is 182 g/mol. The Morgan fingerprint density at radius 1 is 1.50 bits per heavy atom. The van der Waals surface area contributed by atoms with Gasteiger partial charge in [0.2, 0.25) is 5.91 Å². The van der Waals surface area contributed by atoms with Crippen LogP contribution in [0.25, 0.3) is 0 Å². The third-order valence-corrected chi connectivity index (χ3v) is 2.39. The van der Waals surface area contributed by atoms with Gasteiger partial charge in [-0.3, -0.25) is 15.0 Å². The minimum atomic E-state index is -0.393. The lowest BCUT2D eigenvalue weighted by Crippen LogP contribution is -2.60. The lowest BCUT2D eigenvalue weighted by atomic mass is 10.2. The average Bonchev–Trinajstić information content (AvgIpc) is 2.14. The first-order valence-corrected chi connectivity index (χ1v) is 4.94. The Balaban J connectivity index is 2.43. The molecule has 80 valence electrons. The third kappa shape index (κ3) is 2.70. The Bertz CT molecular complexity index is 230. The summed E-state index contributed by atoms with van der Waals surface area (Å²) in [6.45, 7) is 3.39. The van der Waals surface area contributed by atoms with E-state index in [9.17, 15) is 9.59 Å². The molecule has 0 radical (unpaired) electrons. The number of nitrogens with one attached hydrogen (secondary N) is 2. The summed E-state index contributed by atoms with van der Waals surface area (Å²) in [6, 6.07) is -0.616. The van der Waals surface area contributed by atoms with Gasteiger partial charge in [0.1, 0.15) is 6.04 Å². The molecule has 0 bridgehead atoms. The Hall–Kier alpha value is -1.10. The van der Waals surface area contributed by atoms with Gasteiger partial charge in [0, 0.05) is 6.54 Å². The monoisotopic (exact) mass is 199 g/mol.